The molecule has 1 atom stereocenters. The molecule has 1 aromatic carbocycles. The van der Waals surface area contributed by atoms with E-state index in [-0.39, 0.29) is 28.7 Å². The molecule has 0 spiro atoms. The quantitative estimate of drug-likeness (QED) is 0.837. The molecule has 0 aliphatic rings. The van der Waals surface area contributed by atoms with Crippen LogP contribution in [-0.4, -0.2) is 37.0 Å². The minimum Gasteiger partial charge on any atom is -0.478 e. The smallest absolute Gasteiger partial charge is 0.335 e. The molecule has 1 aromatic rings. The summed E-state index contributed by atoms with van der Waals surface area (Å²) < 4.78 is 24.2. The van der Waals surface area contributed by atoms with E-state index in [4.69, 9.17) is 10.2 Å². The van der Waals surface area contributed by atoms with Crippen LogP contribution in [0.3, 0.4) is 0 Å². The summed E-state index contributed by atoms with van der Waals surface area (Å²) in [4.78, 5) is 10.9. The van der Waals surface area contributed by atoms with Crippen LogP contribution in [0.25, 0.3) is 0 Å². The van der Waals surface area contributed by atoms with Gasteiger partial charge < -0.3 is 10.2 Å². The van der Waals surface area contributed by atoms with Gasteiger partial charge in [-0.2, -0.15) is 0 Å². The van der Waals surface area contributed by atoms with Crippen LogP contribution in [0, 0.1) is 12.8 Å². The number of benzene rings is 1. The fourth-order valence-corrected chi connectivity index (χ4v) is 3.48. The summed E-state index contributed by atoms with van der Waals surface area (Å²) >= 11 is 0. The number of carboxylic acid groups (broad SMARTS) is 1. The van der Waals surface area contributed by atoms with Crippen LogP contribution in [-0.2, 0) is 9.84 Å². The zero-order valence-electron chi connectivity index (χ0n) is 10.3. The summed E-state index contributed by atoms with van der Waals surface area (Å²) in [6.07, 6.45) is 0. The third-order valence-electron chi connectivity index (χ3n) is 2.59. The molecule has 2 N–H and O–H groups in total. The zero-order valence-corrected chi connectivity index (χ0v) is 11.1. The molecule has 0 aliphatic carbocycles. The van der Waals surface area contributed by atoms with Crippen LogP contribution >= 0.6 is 0 Å². The second-order valence-electron chi connectivity index (χ2n) is 4.35. The van der Waals surface area contributed by atoms with Crippen LogP contribution < -0.4 is 0 Å². The van der Waals surface area contributed by atoms with Crippen molar-refractivity contribution in [3.05, 3.63) is 29.3 Å². The number of sulfone groups is 1. The molecule has 0 saturated heterocycles. The zero-order chi connectivity index (χ0) is 13.9. The van der Waals surface area contributed by atoms with Gasteiger partial charge in [0, 0.05) is 6.61 Å². The van der Waals surface area contributed by atoms with Gasteiger partial charge in [0.1, 0.15) is 0 Å². The van der Waals surface area contributed by atoms with Crippen LogP contribution in [0.2, 0.25) is 0 Å². The fraction of sp³-hybridized carbons (Fsp3) is 0.417. The maximum atomic E-state index is 12.1. The minimum absolute atomic E-state index is 0.0164. The maximum absolute atomic E-state index is 12.1. The second-order valence-corrected chi connectivity index (χ2v) is 6.36. The lowest BCUT2D eigenvalue weighted by Gasteiger charge is -2.11. The van der Waals surface area contributed by atoms with Gasteiger partial charge in [-0.05, 0) is 30.5 Å². The van der Waals surface area contributed by atoms with Crippen molar-refractivity contribution in [2.75, 3.05) is 12.4 Å². The highest BCUT2D eigenvalue weighted by molar-refractivity contribution is 7.91. The highest BCUT2D eigenvalue weighted by Gasteiger charge is 2.21. The minimum atomic E-state index is -3.58. The van der Waals surface area contributed by atoms with Crippen molar-refractivity contribution in [2.24, 2.45) is 5.92 Å². The average Bonchev–Trinajstić information content (AvgIpc) is 2.28. The van der Waals surface area contributed by atoms with Crippen LogP contribution in [0.4, 0.5) is 0 Å². The molecule has 0 radical (unpaired) electrons. The summed E-state index contributed by atoms with van der Waals surface area (Å²) in [5.41, 5.74) is 0.445. The van der Waals surface area contributed by atoms with Crippen molar-refractivity contribution in [1.29, 1.82) is 0 Å². The van der Waals surface area contributed by atoms with Gasteiger partial charge in [0.25, 0.3) is 0 Å². The maximum Gasteiger partial charge on any atom is 0.335 e. The molecule has 0 saturated carbocycles. The number of rotatable bonds is 5. The standard InChI is InChI=1S/C12H16O5S/c1-8(6-13)7-18(16,17)11-5-10(12(14)15)4-3-9(11)2/h3-5,8,13H,6-7H2,1-2H3,(H,14,15). The number of aliphatic hydroxyl groups excluding tert-OH is 1. The van der Waals surface area contributed by atoms with E-state index < -0.39 is 15.8 Å². The number of aryl methyl sites for hydroxylation is 1. The molecule has 0 fully saturated rings. The Morgan fingerprint density at radius 3 is 2.50 bits per heavy atom. The Bertz CT molecular complexity index is 548. The molecule has 0 bridgehead atoms. The number of hydrogen-bond donors (Lipinski definition) is 2. The van der Waals surface area contributed by atoms with E-state index in [1.165, 1.54) is 12.1 Å². The number of hydrogen-bond acceptors (Lipinski definition) is 4. The average molecular weight is 272 g/mol. The Morgan fingerprint density at radius 1 is 1.39 bits per heavy atom. The number of aliphatic hydroxyl groups is 1. The van der Waals surface area contributed by atoms with Gasteiger partial charge >= 0.3 is 5.97 Å². The summed E-state index contributed by atoms with van der Waals surface area (Å²) in [7, 11) is -3.58. The van der Waals surface area contributed by atoms with E-state index in [9.17, 15) is 13.2 Å². The van der Waals surface area contributed by atoms with E-state index in [0.717, 1.165) is 6.07 Å². The first-order chi connectivity index (χ1) is 8.27. The van der Waals surface area contributed by atoms with Crippen molar-refractivity contribution in [2.45, 2.75) is 18.7 Å². The van der Waals surface area contributed by atoms with Gasteiger partial charge in [-0.15, -0.1) is 0 Å². The molecule has 1 rings (SSSR count). The SMILES string of the molecule is Cc1ccc(C(=O)O)cc1S(=O)(=O)CC(C)CO. The molecule has 0 aliphatic heterocycles. The van der Waals surface area contributed by atoms with Crippen molar-refractivity contribution in [1.82, 2.24) is 0 Å². The molecule has 5 nitrogen and oxygen atoms in total. The second kappa shape index (κ2) is 5.49. The number of carbonyl (C=O) groups is 1. The molecule has 0 amide bonds. The van der Waals surface area contributed by atoms with Crippen molar-refractivity contribution >= 4 is 15.8 Å². The predicted octanol–water partition coefficient (Wildman–Crippen LogP) is 1.10. The van der Waals surface area contributed by atoms with Gasteiger partial charge in [0.2, 0.25) is 0 Å². The van der Waals surface area contributed by atoms with E-state index in [0.29, 0.717) is 5.56 Å². The van der Waals surface area contributed by atoms with E-state index in [1.807, 2.05) is 0 Å². The molecule has 18 heavy (non-hydrogen) atoms. The van der Waals surface area contributed by atoms with Gasteiger partial charge in [0.15, 0.2) is 9.84 Å². The summed E-state index contributed by atoms with van der Waals surface area (Å²) in [6.45, 7) is 3.01. The lowest BCUT2D eigenvalue weighted by Crippen LogP contribution is -2.18. The highest BCUT2D eigenvalue weighted by Crippen LogP contribution is 2.20. The molecule has 6 heteroatoms. The summed E-state index contributed by atoms with van der Waals surface area (Å²) in [5, 5.41) is 17.8. The Kier molecular flexibility index (Phi) is 4.48. The van der Waals surface area contributed by atoms with Crippen molar-refractivity contribution < 1.29 is 23.4 Å². The third-order valence-corrected chi connectivity index (χ3v) is 4.70. The Balaban J connectivity index is 3.23. The largest absolute Gasteiger partial charge is 0.478 e. The first kappa shape index (κ1) is 14.7. The van der Waals surface area contributed by atoms with Crippen LogP contribution in [0.5, 0.6) is 0 Å². The summed E-state index contributed by atoms with van der Waals surface area (Å²) in [6, 6.07) is 4.00. The Morgan fingerprint density at radius 2 is 2.00 bits per heavy atom. The van der Waals surface area contributed by atoms with E-state index in [1.54, 1.807) is 13.8 Å². The predicted molar refractivity (Wildman–Crippen MR) is 66.4 cm³/mol. The van der Waals surface area contributed by atoms with Crippen LogP contribution in [0.1, 0.15) is 22.8 Å². The first-order valence-electron chi connectivity index (χ1n) is 5.45. The van der Waals surface area contributed by atoms with Gasteiger partial charge in [-0.1, -0.05) is 13.0 Å². The van der Waals surface area contributed by atoms with Crippen molar-refractivity contribution in [3.63, 3.8) is 0 Å². The molecular weight excluding hydrogens is 256 g/mol. The monoisotopic (exact) mass is 272 g/mol. The molecule has 1 unspecified atom stereocenters. The molecular formula is C12H16O5S. The van der Waals surface area contributed by atoms with Gasteiger partial charge in [-0.3, -0.25) is 0 Å². The fourth-order valence-electron chi connectivity index (χ4n) is 1.59. The molecule has 100 valence electrons. The highest BCUT2D eigenvalue weighted by atomic mass is 32.2. The Labute approximate surface area is 106 Å². The summed E-state index contributed by atoms with van der Waals surface area (Å²) in [5.74, 6) is -1.75. The van der Waals surface area contributed by atoms with Gasteiger partial charge in [-0.25, -0.2) is 13.2 Å². The van der Waals surface area contributed by atoms with Gasteiger partial charge in [0.05, 0.1) is 16.2 Å². The lowest BCUT2D eigenvalue weighted by molar-refractivity contribution is 0.0696. The normalized spacial score (nSPS) is 13.3. The Hall–Kier alpha value is -1.40. The number of carboxylic acids is 1. The molecule has 0 heterocycles. The third kappa shape index (κ3) is 3.30. The van der Waals surface area contributed by atoms with Crippen molar-refractivity contribution in [3.8, 4) is 0 Å². The first-order valence-corrected chi connectivity index (χ1v) is 7.10. The van der Waals surface area contributed by atoms with E-state index in [2.05, 4.69) is 0 Å². The topological polar surface area (TPSA) is 91.7 Å². The van der Waals surface area contributed by atoms with E-state index >= 15 is 0 Å². The molecule has 0 aromatic heterocycles. The lowest BCUT2D eigenvalue weighted by atomic mass is 10.1. The van der Waals surface area contributed by atoms with Crippen LogP contribution in [0.15, 0.2) is 23.1 Å². The number of aromatic carboxylic acids is 1.